The highest BCUT2D eigenvalue weighted by Gasteiger charge is 2.07. The van der Waals surface area contributed by atoms with Gasteiger partial charge in [-0.1, -0.05) is 13.8 Å². The first-order chi connectivity index (χ1) is 8.19. The number of hydrogen-bond donors (Lipinski definition) is 4. The van der Waals surface area contributed by atoms with Crippen molar-refractivity contribution < 1.29 is 5.11 Å². The van der Waals surface area contributed by atoms with Crippen LogP contribution in [0.2, 0.25) is 0 Å². The summed E-state index contributed by atoms with van der Waals surface area (Å²) in [5.74, 6) is 1.56. The zero-order valence-corrected chi connectivity index (χ0v) is 10.4. The zero-order valence-electron chi connectivity index (χ0n) is 10.4. The van der Waals surface area contributed by atoms with Gasteiger partial charge in [0.15, 0.2) is 0 Å². The van der Waals surface area contributed by atoms with Crippen molar-refractivity contribution in [3.63, 3.8) is 0 Å². The largest absolute Gasteiger partial charge is 0.394 e. The second kappa shape index (κ2) is 6.90. The summed E-state index contributed by atoms with van der Waals surface area (Å²) in [6.45, 7) is 4.98. The van der Waals surface area contributed by atoms with Gasteiger partial charge in [0, 0.05) is 12.6 Å². The molecule has 1 rings (SSSR count). The van der Waals surface area contributed by atoms with Gasteiger partial charge in [-0.15, -0.1) is 0 Å². The van der Waals surface area contributed by atoms with Crippen LogP contribution < -0.4 is 16.4 Å². The van der Waals surface area contributed by atoms with Crippen molar-refractivity contribution in [3.8, 4) is 0 Å². The molecule has 0 radical (unpaired) electrons. The Morgan fingerprint density at radius 1 is 1.35 bits per heavy atom. The minimum atomic E-state index is -0.0108. The van der Waals surface area contributed by atoms with Crippen molar-refractivity contribution in [2.45, 2.75) is 32.7 Å². The summed E-state index contributed by atoms with van der Waals surface area (Å²) >= 11 is 0. The van der Waals surface area contributed by atoms with Gasteiger partial charge in [-0.3, -0.25) is 0 Å². The highest BCUT2D eigenvalue weighted by molar-refractivity contribution is 5.51. The lowest BCUT2D eigenvalue weighted by atomic mass is 10.2. The number of aromatic nitrogens is 2. The zero-order chi connectivity index (χ0) is 12.7. The molecular formula is C11H21N5O. The summed E-state index contributed by atoms with van der Waals surface area (Å²) < 4.78 is 0. The smallest absolute Gasteiger partial charge is 0.223 e. The van der Waals surface area contributed by atoms with Crippen molar-refractivity contribution in [1.29, 1.82) is 0 Å². The van der Waals surface area contributed by atoms with Crippen LogP contribution in [0.5, 0.6) is 0 Å². The second-order valence-electron chi connectivity index (χ2n) is 3.86. The van der Waals surface area contributed by atoms with E-state index in [1.165, 1.54) is 0 Å². The number of aliphatic hydroxyl groups is 1. The summed E-state index contributed by atoms with van der Waals surface area (Å²) in [6.07, 6.45) is 1.83. The van der Waals surface area contributed by atoms with Gasteiger partial charge in [-0.05, 0) is 12.8 Å². The van der Waals surface area contributed by atoms with E-state index < -0.39 is 0 Å². The Balaban J connectivity index is 2.74. The van der Waals surface area contributed by atoms with Crippen molar-refractivity contribution in [1.82, 2.24) is 9.97 Å². The molecule has 0 aliphatic carbocycles. The van der Waals surface area contributed by atoms with Crippen molar-refractivity contribution >= 4 is 17.6 Å². The van der Waals surface area contributed by atoms with Gasteiger partial charge in [0.05, 0.1) is 12.6 Å². The molecule has 96 valence electrons. The van der Waals surface area contributed by atoms with Gasteiger partial charge in [-0.25, -0.2) is 0 Å². The Morgan fingerprint density at radius 2 is 2.06 bits per heavy atom. The van der Waals surface area contributed by atoms with Crippen LogP contribution in [0.3, 0.4) is 0 Å². The summed E-state index contributed by atoms with van der Waals surface area (Å²) in [4.78, 5) is 8.17. The van der Waals surface area contributed by atoms with Crippen LogP contribution in [0, 0.1) is 0 Å². The fourth-order valence-corrected chi connectivity index (χ4v) is 1.37. The van der Waals surface area contributed by atoms with Crippen molar-refractivity contribution in [3.05, 3.63) is 6.07 Å². The van der Waals surface area contributed by atoms with Gasteiger partial charge in [0.2, 0.25) is 5.95 Å². The van der Waals surface area contributed by atoms with Crippen LogP contribution in [0.15, 0.2) is 6.07 Å². The molecule has 5 N–H and O–H groups in total. The minimum Gasteiger partial charge on any atom is -0.394 e. The van der Waals surface area contributed by atoms with Crippen LogP contribution in [0.1, 0.15) is 26.7 Å². The van der Waals surface area contributed by atoms with E-state index >= 15 is 0 Å². The first-order valence-corrected chi connectivity index (χ1v) is 5.95. The third-order valence-corrected chi connectivity index (χ3v) is 2.36. The number of anilines is 3. The second-order valence-corrected chi connectivity index (χ2v) is 3.86. The molecule has 0 saturated heterocycles. The molecule has 0 saturated carbocycles. The van der Waals surface area contributed by atoms with Gasteiger partial charge in [0.1, 0.15) is 11.6 Å². The lowest BCUT2D eigenvalue weighted by molar-refractivity contribution is 0.271. The molecule has 1 atom stereocenters. The van der Waals surface area contributed by atoms with Crippen LogP contribution in [0.25, 0.3) is 0 Å². The molecule has 1 unspecified atom stereocenters. The van der Waals surface area contributed by atoms with Crippen molar-refractivity contribution in [2.75, 3.05) is 29.5 Å². The van der Waals surface area contributed by atoms with Crippen LogP contribution in [-0.4, -0.2) is 34.3 Å². The van der Waals surface area contributed by atoms with E-state index in [1.807, 2.05) is 6.92 Å². The van der Waals surface area contributed by atoms with E-state index in [0.29, 0.717) is 11.6 Å². The molecule has 0 amide bonds. The van der Waals surface area contributed by atoms with E-state index in [-0.39, 0.29) is 18.6 Å². The molecule has 0 fully saturated rings. The molecule has 1 heterocycles. The average Bonchev–Trinajstić information content (AvgIpc) is 2.32. The lowest BCUT2D eigenvalue weighted by Gasteiger charge is -2.15. The molecule has 1 aromatic rings. The monoisotopic (exact) mass is 239 g/mol. The standard InChI is InChI=1S/C11H21N5O/c1-3-5-13-9-6-10(16-11(12)15-9)14-8(4-2)7-17/h6,8,17H,3-5,7H2,1-2H3,(H4,12,13,14,15,16). The first-order valence-electron chi connectivity index (χ1n) is 5.95. The maximum absolute atomic E-state index is 9.11. The number of nitrogens with two attached hydrogens (primary N) is 1. The highest BCUT2D eigenvalue weighted by Crippen LogP contribution is 2.14. The average molecular weight is 239 g/mol. The van der Waals surface area contributed by atoms with Crippen molar-refractivity contribution in [2.24, 2.45) is 0 Å². The Morgan fingerprint density at radius 3 is 2.65 bits per heavy atom. The topological polar surface area (TPSA) is 96.1 Å². The number of aliphatic hydroxyl groups excluding tert-OH is 1. The molecule has 17 heavy (non-hydrogen) atoms. The Bertz CT molecular complexity index is 341. The Kier molecular flexibility index (Phi) is 5.48. The van der Waals surface area contributed by atoms with Crippen LogP contribution >= 0.6 is 0 Å². The summed E-state index contributed by atoms with van der Waals surface area (Å²) in [5, 5.41) is 15.4. The third kappa shape index (κ3) is 4.44. The molecule has 0 spiro atoms. The molecular weight excluding hydrogens is 218 g/mol. The molecule has 0 aliphatic rings. The van der Waals surface area contributed by atoms with E-state index in [0.717, 1.165) is 19.4 Å². The molecule has 6 nitrogen and oxygen atoms in total. The fourth-order valence-electron chi connectivity index (χ4n) is 1.37. The van der Waals surface area contributed by atoms with Gasteiger partial charge >= 0.3 is 0 Å². The Labute approximate surface area is 102 Å². The summed E-state index contributed by atoms with van der Waals surface area (Å²) in [7, 11) is 0. The molecule has 0 aliphatic heterocycles. The van der Waals surface area contributed by atoms with Gasteiger partial charge in [0.25, 0.3) is 0 Å². The predicted octanol–water partition coefficient (Wildman–Crippen LogP) is 1.06. The molecule has 0 aromatic carbocycles. The SMILES string of the molecule is CCCNc1cc(NC(CC)CO)nc(N)n1. The van der Waals surface area contributed by atoms with E-state index in [2.05, 4.69) is 27.5 Å². The van der Waals surface area contributed by atoms with E-state index in [1.54, 1.807) is 6.07 Å². The highest BCUT2D eigenvalue weighted by atomic mass is 16.3. The lowest BCUT2D eigenvalue weighted by Crippen LogP contribution is -2.23. The minimum absolute atomic E-state index is 0.0108. The number of hydrogen-bond acceptors (Lipinski definition) is 6. The summed E-state index contributed by atoms with van der Waals surface area (Å²) in [5.41, 5.74) is 5.63. The maximum atomic E-state index is 9.11. The number of nitrogens with zero attached hydrogens (tertiary/aromatic N) is 2. The number of rotatable bonds is 7. The van der Waals surface area contributed by atoms with Gasteiger partial charge in [-0.2, -0.15) is 9.97 Å². The number of nitrogen functional groups attached to an aromatic ring is 1. The Hall–Kier alpha value is -1.56. The van der Waals surface area contributed by atoms with Crippen LogP contribution in [-0.2, 0) is 0 Å². The molecule has 0 bridgehead atoms. The fraction of sp³-hybridized carbons (Fsp3) is 0.636. The normalized spacial score (nSPS) is 12.2. The number of nitrogens with one attached hydrogen (secondary N) is 2. The van der Waals surface area contributed by atoms with E-state index in [4.69, 9.17) is 10.8 Å². The molecule has 1 aromatic heterocycles. The van der Waals surface area contributed by atoms with E-state index in [9.17, 15) is 0 Å². The molecule has 6 heteroatoms. The predicted molar refractivity (Wildman–Crippen MR) is 70.0 cm³/mol. The third-order valence-electron chi connectivity index (χ3n) is 2.36. The van der Waals surface area contributed by atoms with Gasteiger partial charge < -0.3 is 21.5 Å². The quantitative estimate of drug-likeness (QED) is 0.568. The van der Waals surface area contributed by atoms with Crippen LogP contribution in [0.4, 0.5) is 17.6 Å². The first kappa shape index (κ1) is 13.5. The summed E-state index contributed by atoms with van der Waals surface area (Å²) in [6, 6.07) is 1.79. The maximum Gasteiger partial charge on any atom is 0.223 e.